The third kappa shape index (κ3) is 3.30. The molecule has 0 N–H and O–H groups in total. The van der Waals surface area contributed by atoms with Gasteiger partial charge < -0.3 is 4.57 Å². The third-order valence-corrected chi connectivity index (χ3v) is 5.45. The lowest BCUT2D eigenvalue weighted by Gasteiger charge is -2.00. The first-order chi connectivity index (χ1) is 12.4. The first kappa shape index (κ1) is 17.6. The van der Waals surface area contributed by atoms with Gasteiger partial charge in [0, 0.05) is 24.7 Å². The van der Waals surface area contributed by atoms with Crippen molar-refractivity contribution in [2.24, 2.45) is 4.99 Å². The van der Waals surface area contributed by atoms with Gasteiger partial charge in [0.25, 0.3) is 11.6 Å². The van der Waals surface area contributed by atoms with Gasteiger partial charge in [-0.2, -0.15) is 4.99 Å². The van der Waals surface area contributed by atoms with Gasteiger partial charge in [-0.05, 0) is 12.1 Å². The number of thiazole rings is 1. The Morgan fingerprint density at radius 1 is 1.19 bits per heavy atom. The van der Waals surface area contributed by atoms with Crippen LogP contribution in [-0.4, -0.2) is 20.3 Å². The number of hydrogen-bond acceptors (Lipinski definition) is 7. The molecule has 0 saturated carbocycles. The molecule has 2 heterocycles. The second kappa shape index (κ2) is 6.98. The maximum atomic E-state index is 12.3. The fourth-order valence-corrected chi connectivity index (χ4v) is 3.97. The van der Waals surface area contributed by atoms with Crippen LogP contribution in [0.4, 0.5) is 10.7 Å². The summed E-state index contributed by atoms with van der Waals surface area (Å²) in [6.45, 7) is 3.95. The largest absolute Gasteiger partial charge is 0.324 e. The lowest BCUT2D eigenvalue weighted by atomic mass is 10.3. The minimum absolute atomic E-state index is 0.0696. The summed E-state index contributed by atoms with van der Waals surface area (Å²) in [6, 6.07) is 6.99. The number of non-ortho nitro benzene ring substituents is 1. The van der Waals surface area contributed by atoms with E-state index in [9.17, 15) is 25.0 Å². The van der Waals surface area contributed by atoms with E-state index in [1.165, 1.54) is 35.6 Å². The average molecular weight is 390 g/mol. The van der Waals surface area contributed by atoms with E-state index in [1.807, 2.05) is 0 Å². The Bertz CT molecular complexity index is 1120. The number of rotatable bonds is 5. The van der Waals surface area contributed by atoms with Crippen LogP contribution >= 0.6 is 22.7 Å². The molecule has 0 spiro atoms. The Morgan fingerprint density at radius 2 is 1.96 bits per heavy atom. The molecule has 3 rings (SSSR count). The molecule has 0 aliphatic carbocycles. The number of amides is 1. The smallest absolute Gasteiger partial charge is 0.312 e. The second-order valence-corrected chi connectivity index (χ2v) is 7.08. The van der Waals surface area contributed by atoms with Crippen LogP contribution in [0.15, 0.2) is 48.0 Å². The van der Waals surface area contributed by atoms with Crippen molar-refractivity contribution in [3.63, 3.8) is 0 Å². The maximum absolute atomic E-state index is 12.3. The summed E-state index contributed by atoms with van der Waals surface area (Å²) in [5.41, 5.74) is 0.493. The van der Waals surface area contributed by atoms with Crippen molar-refractivity contribution >= 4 is 49.5 Å². The second-order valence-electron chi connectivity index (χ2n) is 5.01. The number of thiophene rings is 1. The van der Waals surface area contributed by atoms with E-state index in [0.29, 0.717) is 16.9 Å². The van der Waals surface area contributed by atoms with Gasteiger partial charge in [0.1, 0.15) is 4.88 Å². The maximum Gasteiger partial charge on any atom is 0.324 e. The number of benzene rings is 1. The molecule has 0 aliphatic rings. The van der Waals surface area contributed by atoms with Crippen molar-refractivity contribution in [2.75, 3.05) is 0 Å². The number of allylic oxidation sites excluding steroid dienone is 1. The zero-order valence-corrected chi connectivity index (χ0v) is 14.7. The highest BCUT2D eigenvalue weighted by atomic mass is 32.1. The molecule has 3 aromatic rings. The first-order valence-electron chi connectivity index (χ1n) is 7.12. The molecule has 1 aromatic carbocycles. The van der Waals surface area contributed by atoms with Crippen molar-refractivity contribution in [1.29, 1.82) is 0 Å². The number of fused-ring (bicyclic) bond motifs is 1. The van der Waals surface area contributed by atoms with E-state index in [-0.39, 0.29) is 15.6 Å². The lowest BCUT2D eigenvalue weighted by Crippen LogP contribution is -2.16. The quantitative estimate of drug-likeness (QED) is 0.375. The molecule has 0 bridgehead atoms. The highest BCUT2D eigenvalue weighted by molar-refractivity contribution is 7.17. The molecule has 0 aliphatic heterocycles. The Hall–Kier alpha value is -3.18. The van der Waals surface area contributed by atoms with Gasteiger partial charge in [0.2, 0.25) is 0 Å². The van der Waals surface area contributed by atoms with Crippen LogP contribution in [0.25, 0.3) is 10.2 Å². The minimum atomic E-state index is -0.609. The van der Waals surface area contributed by atoms with E-state index in [4.69, 9.17) is 0 Å². The zero-order chi connectivity index (χ0) is 18.8. The van der Waals surface area contributed by atoms with E-state index >= 15 is 0 Å². The van der Waals surface area contributed by atoms with Crippen molar-refractivity contribution in [1.82, 2.24) is 4.57 Å². The summed E-state index contributed by atoms with van der Waals surface area (Å²) >= 11 is 1.94. The van der Waals surface area contributed by atoms with Crippen LogP contribution in [0.2, 0.25) is 0 Å². The molecule has 1 amide bonds. The lowest BCUT2D eigenvalue weighted by molar-refractivity contribution is -0.384. The van der Waals surface area contributed by atoms with Gasteiger partial charge in [-0.1, -0.05) is 28.7 Å². The topological polar surface area (TPSA) is 121 Å². The predicted octanol–water partition coefficient (Wildman–Crippen LogP) is 3.51. The number of nitro groups is 2. The van der Waals surface area contributed by atoms with Crippen LogP contribution < -0.4 is 4.80 Å². The average Bonchev–Trinajstić information content (AvgIpc) is 3.21. The number of nitro benzene ring substituents is 1. The highest BCUT2D eigenvalue weighted by Gasteiger charge is 2.16. The summed E-state index contributed by atoms with van der Waals surface area (Å²) in [4.78, 5) is 37.5. The van der Waals surface area contributed by atoms with Gasteiger partial charge in [-0.25, -0.2) is 0 Å². The predicted molar refractivity (Wildman–Crippen MR) is 97.5 cm³/mol. The third-order valence-electron chi connectivity index (χ3n) is 3.37. The molecule has 132 valence electrons. The minimum Gasteiger partial charge on any atom is -0.312 e. The SMILES string of the molecule is C=CCn1c(=NC(=O)c2ccc([N+](=O)[O-])s2)sc2ccc([N+](=O)[O-])cc21. The van der Waals surface area contributed by atoms with E-state index in [2.05, 4.69) is 11.6 Å². The summed E-state index contributed by atoms with van der Waals surface area (Å²) in [6.07, 6.45) is 1.59. The van der Waals surface area contributed by atoms with Gasteiger partial charge >= 0.3 is 5.00 Å². The van der Waals surface area contributed by atoms with Crippen molar-refractivity contribution in [3.05, 3.63) is 72.9 Å². The molecule has 0 saturated heterocycles. The van der Waals surface area contributed by atoms with Crippen molar-refractivity contribution < 1.29 is 14.6 Å². The molecule has 0 radical (unpaired) electrons. The van der Waals surface area contributed by atoms with Gasteiger partial charge in [0.15, 0.2) is 4.80 Å². The normalized spacial score (nSPS) is 11.6. The fraction of sp³-hybridized carbons (Fsp3) is 0.0667. The number of carbonyl (C=O) groups is 1. The van der Waals surface area contributed by atoms with Gasteiger partial charge in [-0.3, -0.25) is 25.0 Å². The molecule has 0 unspecified atom stereocenters. The molecular weight excluding hydrogens is 380 g/mol. The number of nitrogens with zero attached hydrogens (tertiary/aromatic N) is 4. The van der Waals surface area contributed by atoms with Crippen molar-refractivity contribution in [3.8, 4) is 0 Å². The number of carbonyl (C=O) groups excluding carboxylic acids is 1. The molecule has 11 heteroatoms. The van der Waals surface area contributed by atoms with Crippen LogP contribution in [0.3, 0.4) is 0 Å². The molecule has 26 heavy (non-hydrogen) atoms. The Balaban J connectivity index is 2.12. The van der Waals surface area contributed by atoms with Gasteiger partial charge in [0.05, 0.1) is 20.1 Å². The van der Waals surface area contributed by atoms with Crippen LogP contribution in [0.1, 0.15) is 9.67 Å². The first-order valence-corrected chi connectivity index (χ1v) is 8.76. The zero-order valence-electron chi connectivity index (χ0n) is 13.0. The highest BCUT2D eigenvalue weighted by Crippen LogP contribution is 2.25. The van der Waals surface area contributed by atoms with E-state index in [1.54, 1.807) is 16.7 Å². The van der Waals surface area contributed by atoms with Crippen LogP contribution in [-0.2, 0) is 6.54 Å². The Morgan fingerprint density at radius 3 is 2.58 bits per heavy atom. The number of hydrogen-bond donors (Lipinski definition) is 0. The molecule has 9 nitrogen and oxygen atoms in total. The summed E-state index contributed by atoms with van der Waals surface area (Å²) in [7, 11) is 0. The summed E-state index contributed by atoms with van der Waals surface area (Å²) in [5.74, 6) is -0.609. The number of aromatic nitrogens is 1. The van der Waals surface area contributed by atoms with Crippen molar-refractivity contribution in [2.45, 2.75) is 6.54 Å². The summed E-state index contributed by atoms with van der Waals surface area (Å²) in [5, 5.41) is 21.6. The fourth-order valence-electron chi connectivity index (χ4n) is 2.24. The van der Waals surface area contributed by atoms with Gasteiger partial charge in [-0.15, -0.1) is 6.58 Å². The standard InChI is InChI=1S/C15H10N4O5S2/c1-2-7-17-10-8-9(18(21)22)3-4-11(10)26-15(17)16-14(20)12-5-6-13(25-12)19(23)24/h2-6,8H,1,7H2. The molecule has 0 fully saturated rings. The Kier molecular flexibility index (Phi) is 4.73. The molecular formula is C15H10N4O5S2. The Labute approximate surface area is 153 Å². The monoisotopic (exact) mass is 390 g/mol. The summed E-state index contributed by atoms with van der Waals surface area (Å²) < 4.78 is 2.36. The molecule has 0 atom stereocenters. The molecule has 2 aromatic heterocycles. The van der Waals surface area contributed by atoms with Crippen LogP contribution in [0.5, 0.6) is 0 Å². The van der Waals surface area contributed by atoms with Crippen LogP contribution in [0, 0.1) is 20.2 Å². The van der Waals surface area contributed by atoms with E-state index < -0.39 is 15.8 Å². The van der Waals surface area contributed by atoms with E-state index in [0.717, 1.165) is 16.0 Å².